The van der Waals surface area contributed by atoms with Crippen LogP contribution < -0.4 is 10.6 Å². The van der Waals surface area contributed by atoms with Crippen molar-refractivity contribution >= 4 is 39.5 Å². The smallest absolute Gasteiger partial charge is 0.349 e. The van der Waals surface area contributed by atoms with E-state index < -0.39 is 29.6 Å². The molecular formula is C23H28N4O4S. The number of aromatic nitrogens is 2. The number of nitrogens with zero attached hydrogens (tertiary/aromatic N) is 2. The van der Waals surface area contributed by atoms with Gasteiger partial charge in [-0.25, -0.2) is 9.59 Å². The number of nitrogens with one attached hydrogen (secondary N) is 2. The number of thiophene rings is 1. The van der Waals surface area contributed by atoms with Gasteiger partial charge in [0, 0.05) is 10.9 Å². The molecule has 2 N–H and O–H groups in total. The highest BCUT2D eigenvalue weighted by Crippen LogP contribution is 2.29. The molecule has 0 saturated heterocycles. The van der Waals surface area contributed by atoms with Crippen LogP contribution in [0, 0.1) is 13.8 Å². The van der Waals surface area contributed by atoms with Crippen molar-refractivity contribution < 1.29 is 19.1 Å². The van der Waals surface area contributed by atoms with E-state index in [1.807, 2.05) is 30.7 Å². The van der Waals surface area contributed by atoms with Crippen LogP contribution in [0.5, 0.6) is 0 Å². The predicted octanol–water partition coefficient (Wildman–Crippen LogP) is 3.93. The minimum atomic E-state index is -1.12. The lowest BCUT2D eigenvalue weighted by Crippen LogP contribution is -2.50. The van der Waals surface area contributed by atoms with Gasteiger partial charge in [0.1, 0.15) is 9.71 Å². The number of hydrogen-bond donors (Lipinski definition) is 2. The van der Waals surface area contributed by atoms with E-state index in [1.54, 1.807) is 26.8 Å². The van der Waals surface area contributed by atoms with Crippen molar-refractivity contribution in [3.8, 4) is 0 Å². The largest absolute Gasteiger partial charge is 0.448 e. The van der Waals surface area contributed by atoms with E-state index in [0.717, 1.165) is 21.5 Å². The third kappa shape index (κ3) is 5.73. The van der Waals surface area contributed by atoms with Gasteiger partial charge in [0.15, 0.2) is 6.10 Å². The number of rotatable bonds is 5. The van der Waals surface area contributed by atoms with E-state index in [2.05, 4.69) is 27.9 Å². The van der Waals surface area contributed by atoms with E-state index >= 15 is 0 Å². The third-order valence-corrected chi connectivity index (χ3v) is 5.77. The van der Waals surface area contributed by atoms with Crippen LogP contribution in [0.3, 0.4) is 0 Å². The molecule has 0 aliphatic rings. The van der Waals surface area contributed by atoms with Crippen molar-refractivity contribution in [3.05, 3.63) is 52.0 Å². The molecule has 0 saturated carbocycles. The number of hydrogen-bond acceptors (Lipinski definition) is 6. The third-order valence-electron chi connectivity index (χ3n) is 4.64. The summed E-state index contributed by atoms with van der Waals surface area (Å²) >= 11 is 1.27. The van der Waals surface area contributed by atoms with E-state index in [9.17, 15) is 14.4 Å². The molecule has 0 aliphatic carbocycles. The number of ether oxygens (including phenoxy) is 1. The van der Waals surface area contributed by atoms with E-state index in [4.69, 9.17) is 4.74 Å². The Hall–Kier alpha value is -3.20. The Morgan fingerprint density at radius 1 is 1.16 bits per heavy atom. The Labute approximate surface area is 190 Å². The van der Waals surface area contributed by atoms with Crippen molar-refractivity contribution in [2.75, 3.05) is 0 Å². The molecule has 0 radical (unpaired) electrons. The standard InChI is InChI=1S/C23H28N4O4S/c1-13-7-9-16(10-8-13)12-27-20-17(14(2)26-27)11-18(32-20)21(29)31-15(3)19(28)24-22(30)25-23(4,5)6/h7-11,15H,12H2,1-6H3,(H2,24,25,28,30). The average Bonchev–Trinajstić information content (AvgIpc) is 3.23. The zero-order chi connectivity index (χ0) is 23.6. The molecule has 170 valence electrons. The summed E-state index contributed by atoms with van der Waals surface area (Å²) in [6.45, 7) is 11.3. The molecule has 8 nitrogen and oxygen atoms in total. The molecule has 0 aliphatic heterocycles. The molecule has 0 bridgehead atoms. The molecule has 3 aromatic rings. The molecule has 32 heavy (non-hydrogen) atoms. The highest BCUT2D eigenvalue weighted by molar-refractivity contribution is 7.20. The first-order chi connectivity index (χ1) is 14.9. The molecule has 3 rings (SSSR count). The maximum atomic E-state index is 12.6. The zero-order valence-corrected chi connectivity index (χ0v) is 19.9. The monoisotopic (exact) mass is 456 g/mol. The summed E-state index contributed by atoms with van der Waals surface area (Å²) in [5.74, 6) is -1.31. The van der Waals surface area contributed by atoms with Gasteiger partial charge in [-0.15, -0.1) is 11.3 Å². The molecule has 1 unspecified atom stereocenters. The van der Waals surface area contributed by atoms with Crippen molar-refractivity contribution in [2.24, 2.45) is 0 Å². The van der Waals surface area contributed by atoms with Gasteiger partial charge in [0.25, 0.3) is 5.91 Å². The summed E-state index contributed by atoms with van der Waals surface area (Å²) in [5.41, 5.74) is 2.61. The van der Waals surface area contributed by atoms with Crippen LogP contribution >= 0.6 is 11.3 Å². The van der Waals surface area contributed by atoms with Gasteiger partial charge in [0.2, 0.25) is 0 Å². The number of carbonyl (C=O) groups is 3. The van der Waals surface area contributed by atoms with Crippen molar-refractivity contribution in [1.29, 1.82) is 0 Å². The summed E-state index contributed by atoms with van der Waals surface area (Å²) < 4.78 is 7.15. The van der Waals surface area contributed by atoms with Gasteiger partial charge in [-0.1, -0.05) is 29.8 Å². The quantitative estimate of drug-likeness (QED) is 0.566. The van der Waals surface area contributed by atoms with Gasteiger partial charge in [-0.05, 0) is 53.2 Å². The second kappa shape index (κ2) is 9.12. The summed E-state index contributed by atoms with van der Waals surface area (Å²) in [6, 6.07) is 9.29. The van der Waals surface area contributed by atoms with E-state index in [1.165, 1.54) is 23.8 Å². The minimum absolute atomic E-state index is 0.372. The molecule has 0 fully saturated rings. The fraction of sp³-hybridized carbons (Fsp3) is 0.391. The lowest BCUT2D eigenvalue weighted by molar-refractivity contribution is -0.127. The molecule has 2 aromatic heterocycles. The van der Waals surface area contributed by atoms with Gasteiger partial charge >= 0.3 is 12.0 Å². The second-order valence-corrected chi connectivity index (χ2v) is 9.83. The first kappa shape index (κ1) is 23.5. The van der Waals surface area contributed by atoms with Gasteiger partial charge < -0.3 is 10.1 Å². The predicted molar refractivity (Wildman–Crippen MR) is 124 cm³/mol. The van der Waals surface area contributed by atoms with Crippen molar-refractivity contribution in [2.45, 2.75) is 59.7 Å². The Bertz CT molecular complexity index is 1160. The summed E-state index contributed by atoms with van der Waals surface area (Å²) in [4.78, 5) is 37.9. The number of benzene rings is 1. The van der Waals surface area contributed by atoms with Gasteiger partial charge in [-0.2, -0.15) is 5.10 Å². The molecule has 1 atom stereocenters. The maximum Gasteiger partial charge on any atom is 0.349 e. The molecule has 0 spiro atoms. The number of aryl methyl sites for hydroxylation is 2. The first-order valence-electron chi connectivity index (χ1n) is 10.3. The maximum absolute atomic E-state index is 12.6. The SMILES string of the molecule is Cc1ccc(Cn2nc(C)c3cc(C(=O)OC(C)C(=O)NC(=O)NC(C)(C)C)sc32)cc1. The van der Waals surface area contributed by atoms with Crippen LogP contribution in [0.4, 0.5) is 4.79 Å². The molecule has 3 amide bonds. The number of imide groups is 1. The lowest BCUT2D eigenvalue weighted by atomic mass is 10.1. The van der Waals surface area contributed by atoms with E-state index in [-0.39, 0.29) is 0 Å². The van der Waals surface area contributed by atoms with Crippen LogP contribution in [-0.4, -0.2) is 39.3 Å². The molecule has 1 aromatic carbocycles. The zero-order valence-electron chi connectivity index (χ0n) is 19.1. The van der Waals surface area contributed by atoms with Gasteiger partial charge in [0.05, 0.1) is 12.2 Å². The normalized spacial score (nSPS) is 12.4. The fourth-order valence-electron chi connectivity index (χ4n) is 3.04. The molecule has 9 heteroatoms. The van der Waals surface area contributed by atoms with Crippen LogP contribution in [-0.2, 0) is 16.1 Å². The number of esters is 1. The highest BCUT2D eigenvalue weighted by Gasteiger charge is 2.24. The van der Waals surface area contributed by atoms with E-state index in [0.29, 0.717) is 11.4 Å². The Balaban J connectivity index is 1.69. The second-order valence-electron chi connectivity index (χ2n) is 8.80. The Kier molecular flexibility index (Phi) is 6.68. The molecular weight excluding hydrogens is 428 g/mol. The highest BCUT2D eigenvalue weighted by atomic mass is 32.1. The molecule has 2 heterocycles. The van der Waals surface area contributed by atoms with Crippen LogP contribution in [0.2, 0.25) is 0 Å². The summed E-state index contributed by atoms with van der Waals surface area (Å²) in [5, 5.41) is 10.3. The Morgan fingerprint density at radius 2 is 1.81 bits per heavy atom. The fourth-order valence-corrected chi connectivity index (χ4v) is 4.09. The van der Waals surface area contributed by atoms with Crippen LogP contribution in [0.1, 0.15) is 54.2 Å². The summed E-state index contributed by atoms with van der Waals surface area (Å²) in [6.07, 6.45) is -1.12. The van der Waals surface area contributed by atoms with Crippen molar-refractivity contribution in [3.63, 3.8) is 0 Å². The topological polar surface area (TPSA) is 102 Å². The lowest BCUT2D eigenvalue weighted by Gasteiger charge is -2.21. The number of carbonyl (C=O) groups excluding carboxylic acids is 3. The number of amides is 3. The van der Waals surface area contributed by atoms with Crippen LogP contribution in [0.15, 0.2) is 30.3 Å². The number of fused-ring (bicyclic) bond motifs is 1. The minimum Gasteiger partial charge on any atom is -0.448 e. The Morgan fingerprint density at radius 3 is 2.44 bits per heavy atom. The average molecular weight is 457 g/mol. The van der Waals surface area contributed by atoms with Crippen molar-refractivity contribution in [1.82, 2.24) is 20.4 Å². The van der Waals surface area contributed by atoms with Crippen LogP contribution in [0.25, 0.3) is 10.2 Å². The summed E-state index contributed by atoms with van der Waals surface area (Å²) in [7, 11) is 0. The van der Waals surface area contributed by atoms with Gasteiger partial charge in [-0.3, -0.25) is 14.8 Å². The number of urea groups is 1. The first-order valence-corrected chi connectivity index (χ1v) is 11.1.